The van der Waals surface area contributed by atoms with Crippen molar-refractivity contribution in [3.63, 3.8) is 0 Å². The zero-order valence-electron chi connectivity index (χ0n) is 11.8. The molecule has 0 amide bonds. The molecule has 0 aliphatic carbocycles. The molecule has 2 rings (SSSR count). The molecule has 0 saturated carbocycles. The molecule has 0 unspecified atom stereocenters. The van der Waals surface area contributed by atoms with E-state index in [1.54, 1.807) is 7.11 Å². The maximum atomic E-state index is 5.14. The van der Waals surface area contributed by atoms with E-state index in [4.69, 9.17) is 4.74 Å². The van der Waals surface area contributed by atoms with Gasteiger partial charge in [0.05, 0.1) is 7.11 Å². The molecular formula is C17H21NO. The lowest BCUT2D eigenvalue weighted by Gasteiger charge is -2.09. The highest BCUT2D eigenvalue weighted by Crippen LogP contribution is 2.17. The molecule has 0 spiro atoms. The van der Waals surface area contributed by atoms with Crippen LogP contribution in [-0.2, 0) is 6.54 Å². The molecule has 0 radical (unpaired) electrons. The van der Waals surface area contributed by atoms with E-state index >= 15 is 0 Å². The van der Waals surface area contributed by atoms with Crippen molar-refractivity contribution < 1.29 is 4.74 Å². The summed E-state index contributed by atoms with van der Waals surface area (Å²) < 4.78 is 5.14. The monoisotopic (exact) mass is 255 g/mol. The molecule has 100 valence electrons. The molecular weight excluding hydrogens is 234 g/mol. The highest BCUT2D eigenvalue weighted by atomic mass is 16.5. The first-order valence-electron chi connectivity index (χ1n) is 6.66. The Labute approximate surface area is 115 Å². The molecule has 0 aromatic heterocycles. The van der Waals surface area contributed by atoms with Gasteiger partial charge in [0.2, 0.25) is 0 Å². The zero-order chi connectivity index (χ0) is 13.7. The Morgan fingerprint density at radius 2 is 1.58 bits per heavy atom. The van der Waals surface area contributed by atoms with Crippen molar-refractivity contribution in [2.24, 2.45) is 0 Å². The minimum absolute atomic E-state index is 0.587. The molecule has 0 heterocycles. The zero-order valence-corrected chi connectivity index (χ0v) is 11.8. The average molecular weight is 255 g/mol. The Bertz CT molecular complexity index is 500. The van der Waals surface area contributed by atoms with Crippen molar-refractivity contribution in [1.82, 2.24) is 0 Å². The third-order valence-electron chi connectivity index (χ3n) is 3.23. The maximum Gasteiger partial charge on any atom is 0.119 e. The summed E-state index contributed by atoms with van der Waals surface area (Å²) in [5.74, 6) is 1.47. The Morgan fingerprint density at radius 1 is 0.947 bits per heavy atom. The number of ether oxygens (including phenoxy) is 1. The van der Waals surface area contributed by atoms with Gasteiger partial charge in [0.1, 0.15) is 5.75 Å². The number of hydrogen-bond donors (Lipinski definition) is 1. The Morgan fingerprint density at radius 3 is 2.11 bits per heavy atom. The van der Waals surface area contributed by atoms with Gasteiger partial charge in [0.15, 0.2) is 0 Å². The van der Waals surface area contributed by atoms with Gasteiger partial charge in [0.25, 0.3) is 0 Å². The minimum atomic E-state index is 0.587. The Balaban J connectivity index is 1.94. The number of rotatable bonds is 5. The van der Waals surface area contributed by atoms with E-state index in [9.17, 15) is 0 Å². The van der Waals surface area contributed by atoms with Gasteiger partial charge in [-0.15, -0.1) is 0 Å². The highest BCUT2D eigenvalue weighted by molar-refractivity contribution is 5.46. The Kier molecular flexibility index (Phi) is 4.45. The van der Waals surface area contributed by atoms with Crippen LogP contribution in [0.5, 0.6) is 5.75 Å². The van der Waals surface area contributed by atoms with Crippen LogP contribution in [0, 0.1) is 0 Å². The predicted octanol–water partition coefficient (Wildman–Crippen LogP) is 4.43. The lowest BCUT2D eigenvalue weighted by molar-refractivity contribution is 0.415. The lowest BCUT2D eigenvalue weighted by atomic mass is 10.0. The molecule has 0 bridgehead atoms. The summed E-state index contributed by atoms with van der Waals surface area (Å²) in [5, 5.41) is 3.41. The van der Waals surface area contributed by atoms with E-state index in [1.807, 2.05) is 24.3 Å². The van der Waals surface area contributed by atoms with Crippen molar-refractivity contribution in [2.75, 3.05) is 12.4 Å². The van der Waals surface area contributed by atoms with E-state index in [1.165, 1.54) is 11.1 Å². The van der Waals surface area contributed by atoms with Crippen LogP contribution in [0.1, 0.15) is 30.9 Å². The molecule has 2 aromatic carbocycles. The summed E-state index contributed by atoms with van der Waals surface area (Å²) in [6.07, 6.45) is 0. The lowest BCUT2D eigenvalue weighted by Crippen LogP contribution is -1.99. The summed E-state index contributed by atoms with van der Waals surface area (Å²) in [5.41, 5.74) is 3.78. The van der Waals surface area contributed by atoms with Gasteiger partial charge in [0, 0.05) is 12.2 Å². The molecule has 0 saturated heterocycles. The van der Waals surface area contributed by atoms with Gasteiger partial charge in [-0.05, 0) is 41.3 Å². The molecule has 1 N–H and O–H groups in total. The van der Waals surface area contributed by atoms with E-state index < -0.39 is 0 Å². The van der Waals surface area contributed by atoms with E-state index in [0.717, 1.165) is 18.0 Å². The molecule has 2 nitrogen and oxygen atoms in total. The number of anilines is 1. The van der Waals surface area contributed by atoms with Crippen molar-refractivity contribution in [3.05, 3.63) is 59.7 Å². The fraction of sp³-hybridized carbons (Fsp3) is 0.294. The second-order valence-corrected chi connectivity index (χ2v) is 4.98. The van der Waals surface area contributed by atoms with Gasteiger partial charge in [-0.1, -0.05) is 38.1 Å². The van der Waals surface area contributed by atoms with Gasteiger partial charge >= 0.3 is 0 Å². The van der Waals surface area contributed by atoms with E-state index in [0.29, 0.717) is 5.92 Å². The van der Waals surface area contributed by atoms with Crippen LogP contribution >= 0.6 is 0 Å². The summed E-state index contributed by atoms with van der Waals surface area (Å²) in [6, 6.07) is 16.8. The maximum absolute atomic E-state index is 5.14. The van der Waals surface area contributed by atoms with Crippen LogP contribution in [0.3, 0.4) is 0 Å². The summed E-state index contributed by atoms with van der Waals surface area (Å²) >= 11 is 0. The molecule has 0 atom stereocenters. The highest BCUT2D eigenvalue weighted by Gasteiger charge is 1.99. The molecule has 19 heavy (non-hydrogen) atoms. The smallest absolute Gasteiger partial charge is 0.119 e. The SMILES string of the molecule is COc1ccc(NCc2ccc(C(C)C)cc2)cc1. The predicted molar refractivity (Wildman–Crippen MR) is 80.9 cm³/mol. The van der Waals surface area contributed by atoms with E-state index in [2.05, 4.69) is 43.4 Å². The topological polar surface area (TPSA) is 21.3 Å². The van der Waals surface area contributed by atoms with Crippen molar-refractivity contribution in [2.45, 2.75) is 26.3 Å². The van der Waals surface area contributed by atoms with Gasteiger partial charge in [-0.25, -0.2) is 0 Å². The number of benzene rings is 2. The standard InChI is InChI=1S/C17H21NO/c1-13(2)15-6-4-14(5-7-15)12-18-16-8-10-17(19-3)11-9-16/h4-11,13,18H,12H2,1-3H3. The molecule has 2 aromatic rings. The molecule has 0 aliphatic heterocycles. The summed E-state index contributed by atoms with van der Waals surface area (Å²) in [7, 11) is 1.68. The van der Waals surface area contributed by atoms with Gasteiger partial charge in [-0.3, -0.25) is 0 Å². The molecule has 2 heteroatoms. The Hall–Kier alpha value is -1.96. The van der Waals surface area contributed by atoms with Crippen LogP contribution in [0.4, 0.5) is 5.69 Å². The van der Waals surface area contributed by atoms with Crippen molar-refractivity contribution in [1.29, 1.82) is 0 Å². The normalized spacial score (nSPS) is 10.5. The second kappa shape index (κ2) is 6.28. The van der Waals surface area contributed by atoms with Crippen LogP contribution < -0.4 is 10.1 Å². The van der Waals surface area contributed by atoms with Crippen molar-refractivity contribution >= 4 is 5.69 Å². The number of nitrogens with one attached hydrogen (secondary N) is 1. The minimum Gasteiger partial charge on any atom is -0.497 e. The van der Waals surface area contributed by atoms with E-state index in [-0.39, 0.29) is 0 Å². The first kappa shape index (κ1) is 13.5. The van der Waals surface area contributed by atoms with Crippen molar-refractivity contribution in [3.8, 4) is 5.75 Å². The summed E-state index contributed by atoms with van der Waals surface area (Å²) in [4.78, 5) is 0. The molecule has 0 fully saturated rings. The fourth-order valence-electron chi connectivity index (χ4n) is 1.93. The third-order valence-corrected chi connectivity index (χ3v) is 3.23. The first-order valence-corrected chi connectivity index (χ1v) is 6.66. The van der Waals surface area contributed by atoms with Crippen LogP contribution in [0.15, 0.2) is 48.5 Å². The molecule has 0 aliphatic rings. The quantitative estimate of drug-likeness (QED) is 0.853. The number of hydrogen-bond acceptors (Lipinski definition) is 2. The number of methoxy groups -OCH3 is 1. The van der Waals surface area contributed by atoms with Crippen LogP contribution in [0.25, 0.3) is 0 Å². The van der Waals surface area contributed by atoms with Gasteiger partial charge < -0.3 is 10.1 Å². The van der Waals surface area contributed by atoms with Gasteiger partial charge in [-0.2, -0.15) is 0 Å². The fourth-order valence-corrected chi connectivity index (χ4v) is 1.93. The van der Waals surface area contributed by atoms with Crippen LogP contribution in [-0.4, -0.2) is 7.11 Å². The summed E-state index contributed by atoms with van der Waals surface area (Å²) in [6.45, 7) is 5.26. The van der Waals surface area contributed by atoms with Crippen LogP contribution in [0.2, 0.25) is 0 Å². The first-order chi connectivity index (χ1) is 9.19. The average Bonchev–Trinajstić information content (AvgIpc) is 2.46. The second-order valence-electron chi connectivity index (χ2n) is 4.98. The largest absolute Gasteiger partial charge is 0.497 e. The third kappa shape index (κ3) is 3.75.